The monoisotopic (exact) mass is 364 g/mol. The van der Waals surface area contributed by atoms with Gasteiger partial charge in [0, 0.05) is 5.56 Å². The number of hydrazine groups is 1. The second-order valence-electron chi connectivity index (χ2n) is 6.05. The Morgan fingerprint density at radius 3 is 2.37 bits per heavy atom. The number of rotatable bonds is 8. The molecule has 0 spiro atoms. The fourth-order valence-electron chi connectivity index (χ4n) is 2.96. The summed E-state index contributed by atoms with van der Waals surface area (Å²) >= 11 is 0. The molecule has 0 aliphatic heterocycles. The van der Waals surface area contributed by atoms with Crippen LogP contribution in [-0.4, -0.2) is 14.2 Å². The zero-order chi connectivity index (χ0) is 19.1. The predicted octanol–water partition coefficient (Wildman–Crippen LogP) is 3.84. The van der Waals surface area contributed by atoms with Crippen LogP contribution in [-0.2, 0) is 6.61 Å². The Morgan fingerprint density at radius 1 is 0.852 bits per heavy atom. The van der Waals surface area contributed by atoms with E-state index in [1.807, 2.05) is 72.8 Å². The highest BCUT2D eigenvalue weighted by Crippen LogP contribution is 2.33. The van der Waals surface area contributed by atoms with E-state index < -0.39 is 0 Å². The zero-order valence-corrected chi connectivity index (χ0v) is 15.5. The largest absolute Gasteiger partial charge is 0.497 e. The topological polar surface area (TPSA) is 65.7 Å². The van der Waals surface area contributed by atoms with Gasteiger partial charge in [0.05, 0.1) is 20.3 Å². The van der Waals surface area contributed by atoms with Crippen LogP contribution in [0.5, 0.6) is 17.2 Å². The first-order valence-corrected chi connectivity index (χ1v) is 8.70. The molecule has 3 N–H and O–H groups in total. The summed E-state index contributed by atoms with van der Waals surface area (Å²) in [6.07, 6.45) is 0. The van der Waals surface area contributed by atoms with E-state index in [9.17, 15) is 0 Å². The molecule has 3 rings (SSSR count). The molecule has 0 aromatic heterocycles. The highest BCUT2D eigenvalue weighted by molar-refractivity contribution is 5.47. The fraction of sp³-hybridized carbons (Fsp3) is 0.182. The van der Waals surface area contributed by atoms with Gasteiger partial charge in [0.2, 0.25) is 0 Å². The quantitative estimate of drug-likeness (QED) is 0.470. The number of benzene rings is 3. The van der Waals surface area contributed by atoms with Gasteiger partial charge < -0.3 is 14.2 Å². The molecular weight excluding hydrogens is 340 g/mol. The van der Waals surface area contributed by atoms with Crippen LogP contribution >= 0.6 is 0 Å². The third-order valence-corrected chi connectivity index (χ3v) is 4.35. The molecule has 3 aromatic carbocycles. The second-order valence-corrected chi connectivity index (χ2v) is 6.05. The molecule has 0 saturated carbocycles. The molecule has 3 aromatic rings. The van der Waals surface area contributed by atoms with Gasteiger partial charge in [-0.1, -0.05) is 42.5 Å². The van der Waals surface area contributed by atoms with Crippen molar-refractivity contribution in [1.29, 1.82) is 0 Å². The molecule has 1 atom stereocenters. The molecule has 0 aliphatic carbocycles. The third kappa shape index (κ3) is 4.58. The van der Waals surface area contributed by atoms with Gasteiger partial charge in [-0.15, -0.1) is 0 Å². The van der Waals surface area contributed by atoms with Crippen molar-refractivity contribution in [3.8, 4) is 17.2 Å². The number of nitrogens with two attached hydrogens (primary N) is 1. The Hall–Kier alpha value is -3.02. The van der Waals surface area contributed by atoms with Crippen molar-refractivity contribution in [3.63, 3.8) is 0 Å². The summed E-state index contributed by atoms with van der Waals surface area (Å²) in [5.41, 5.74) is 5.84. The molecule has 0 heterocycles. The van der Waals surface area contributed by atoms with Crippen LogP contribution in [0, 0.1) is 0 Å². The van der Waals surface area contributed by atoms with Crippen molar-refractivity contribution in [2.24, 2.45) is 5.84 Å². The predicted molar refractivity (Wildman–Crippen MR) is 106 cm³/mol. The molecule has 0 aliphatic rings. The zero-order valence-electron chi connectivity index (χ0n) is 15.5. The van der Waals surface area contributed by atoms with Crippen LogP contribution in [0.1, 0.15) is 22.7 Å². The van der Waals surface area contributed by atoms with Gasteiger partial charge in [-0.2, -0.15) is 0 Å². The Labute approximate surface area is 159 Å². The van der Waals surface area contributed by atoms with Crippen molar-refractivity contribution in [2.45, 2.75) is 12.6 Å². The standard InChI is InChI=1S/C22H24N2O3/c1-25-18-11-12-21(26-2)20(14-18)22(24-23)17-9-6-10-19(13-17)27-15-16-7-4-3-5-8-16/h3-14,22,24H,15,23H2,1-2H3. The summed E-state index contributed by atoms with van der Waals surface area (Å²) in [5, 5.41) is 0. The van der Waals surface area contributed by atoms with Crippen LogP contribution in [0.25, 0.3) is 0 Å². The first-order chi connectivity index (χ1) is 13.2. The molecule has 140 valence electrons. The molecule has 0 radical (unpaired) electrons. The molecular formula is C22H24N2O3. The van der Waals surface area contributed by atoms with Crippen molar-refractivity contribution < 1.29 is 14.2 Å². The maximum Gasteiger partial charge on any atom is 0.124 e. The molecule has 0 amide bonds. The molecule has 27 heavy (non-hydrogen) atoms. The lowest BCUT2D eigenvalue weighted by atomic mass is 9.98. The lowest BCUT2D eigenvalue weighted by Crippen LogP contribution is -2.29. The normalized spacial score (nSPS) is 11.7. The van der Waals surface area contributed by atoms with E-state index in [-0.39, 0.29) is 6.04 Å². The Balaban J connectivity index is 1.86. The van der Waals surface area contributed by atoms with Crippen LogP contribution in [0.15, 0.2) is 72.8 Å². The fourth-order valence-corrected chi connectivity index (χ4v) is 2.96. The van der Waals surface area contributed by atoms with Gasteiger partial charge in [0.15, 0.2) is 0 Å². The molecule has 1 unspecified atom stereocenters. The average Bonchev–Trinajstić information content (AvgIpc) is 2.74. The maximum absolute atomic E-state index is 5.94. The Morgan fingerprint density at radius 2 is 1.67 bits per heavy atom. The molecule has 5 heteroatoms. The summed E-state index contributed by atoms with van der Waals surface area (Å²) in [6.45, 7) is 0.507. The SMILES string of the molecule is COc1ccc(OC)c(C(NN)c2cccc(OCc3ccccc3)c2)c1. The van der Waals surface area contributed by atoms with E-state index in [4.69, 9.17) is 20.1 Å². The van der Waals surface area contributed by atoms with E-state index in [0.29, 0.717) is 6.61 Å². The first kappa shape index (κ1) is 18.8. The average molecular weight is 364 g/mol. The van der Waals surface area contributed by atoms with Gasteiger partial charge in [-0.25, -0.2) is 5.43 Å². The van der Waals surface area contributed by atoms with Gasteiger partial charge in [-0.3, -0.25) is 5.84 Å². The van der Waals surface area contributed by atoms with E-state index in [2.05, 4.69) is 5.43 Å². The van der Waals surface area contributed by atoms with E-state index in [1.165, 1.54) is 0 Å². The van der Waals surface area contributed by atoms with Crippen molar-refractivity contribution in [1.82, 2.24) is 5.43 Å². The lowest BCUT2D eigenvalue weighted by Gasteiger charge is -2.21. The highest BCUT2D eigenvalue weighted by atomic mass is 16.5. The summed E-state index contributed by atoms with van der Waals surface area (Å²) in [6, 6.07) is 23.3. The summed E-state index contributed by atoms with van der Waals surface area (Å²) < 4.78 is 16.8. The van der Waals surface area contributed by atoms with Crippen LogP contribution in [0.2, 0.25) is 0 Å². The minimum absolute atomic E-state index is 0.268. The number of ether oxygens (including phenoxy) is 3. The van der Waals surface area contributed by atoms with E-state index in [0.717, 1.165) is 33.9 Å². The van der Waals surface area contributed by atoms with Crippen LogP contribution in [0.3, 0.4) is 0 Å². The molecule has 0 bridgehead atoms. The third-order valence-electron chi connectivity index (χ3n) is 4.35. The summed E-state index contributed by atoms with van der Waals surface area (Å²) in [4.78, 5) is 0. The maximum atomic E-state index is 5.94. The second kappa shape index (κ2) is 9.07. The Bertz CT molecular complexity index is 868. The summed E-state index contributed by atoms with van der Waals surface area (Å²) in [7, 11) is 3.27. The van der Waals surface area contributed by atoms with Gasteiger partial charge >= 0.3 is 0 Å². The van der Waals surface area contributed by atoms with Crippen molar-refractivity contribution in [2.75, 3.05) is 14.2 Å². The van der Waals surface area contributed by atoms with Crippen molar-refractivity contribution >= 4 is 0 Å². The lowest BCUT2D eigenvalue weighted by molar-refractivity contribution is 0.305. The van der Waals surface area contributed by atoms with Gasteiger partial charge in [0.1, 0.15) is 23.9 Å². The van der Waals surface area contributed by atoms with Gasteiger partial charge in [-0.05, 0) is 41.5 Å². The smallest absolute Gasteiger partial charge is 0.124 e. The number of methoxy groups -OCH3 is 2. The van der Waals surface area contributed by atoms with Gasteiger partial charge in [0.25, 0.3) is 0 Å². The molecule has 0 fully saturated rings. The van der Waals surface area contributed by atoms with E-state index >= 15 is 0 Å². The number of hydrogen-bond donors (Lipinski definition) is 2. The molecule has 5 nitrogen and oxygen atoms in total. The highest BCUT2D eigenvalue weighted by Gasteiger charge is 2.18. The number of nitrogens with one attached hydrogen (secondary N) is 1. The summed E-state index contributed by atoms with van der Waals surface area (Å²) in [5.74, 6) is 8.13. The minimum Gasteiger partial charge on any atom is -0.497 e. The van der Waals surface area contributed by atoms with E-state index in [1.54, 1.807) is 14.2 Å². The molecule has 0 saturated heterocycles. The van der Waals surface area contributed by atoms with Crippen molar-refractivity contribution in [3.05, 3.63) is 89.5 Å². The number of hydrogen-bond acceptors (Lipinski definition) is 5. The minimum atomic E-state index is -0.268. The Kier molecular flexibility index (Phi) is 6.30. The first-order valence-electron chi connectivity index (χ1n) is 8.70. The van der Waals surface area contributed by atoms with Crippen LogP contribution in [0.4, 0.5) is 0 Å². The van der Waals surface area contributed by atoms with Crippen LogP contribution < -0.4 is 25.5 Å².